The number of nitrogens with one attached hydrogen (secondary N) is 1. The Bertz CT molecular complexity index is 626. The summed E-state index contributed by atoms with van der Waals surface area (Å²) in [5, 5.41) is 2.82. The maximum absolute atomic E-state index is 12.9. The van der Waals surface area contributed by atoms with Crippen LogP contribution in [0.25, 0.3) is 0 Å². The third kappa shape index (κ3) is 3.19. The van der Waals surface area contributed by atoms with Gasteiger partial charge in [0, 0.05) is 0 Å². The number of aryl methyl sites for hydroxylation is 1. The molecule has 2 rings (SSSR count). The van der Waals surface area contributed by atoms with Gasteiger partial charge in [-0.05, 0) is 30.7 Å². The molecule has 2 aromatic heterocycles. The van der Waals surface area contributed by atoms with Gasteiger partial charge in [0.25, 0.3) is 5.91 Å². The fourth-order valence-corrected chi connectivity index (χ4v) is 2.04. The Hall–Kier alpha value is -1.72. The lowest BCUT2D eigenvalue weighted by Crippen LogP contribution is -2.15. The van der Waals surface area contributed by atoms with Gasteiger partial charge in [0.1, 0.15) is 10.8 Å². The van der Waals surface area contributed by atoms with Crippen molar-refractivity contribution in [3.63, 3.8) is 0 Å². The van der Waals surface area contributed by atoms with E-state index in [0.717, 1.165) is 6.07 Å². The monoisotopic (exact) mass is 299 g/mol. The van der Waals surface area contributed by atoms with Crippen LogP contribution in [0.3, 0.4) is 0 Å². The number of hydrogen-bond acceptors (Lipinski definition) is 3. The van der Waals surface area contributed by atoms with Crippen LogP contribution in [0.4, 0.5) is 10.1 Å². The summed E-state index contributed by atoms with van der Waals surface area (Å²) in [4.78, 5) is 19.2. The molecule has 0 fully saturated rings. The summed E-state index contributed by atoms with van der Waals surface area (Å²) in [6.07, 6.45) is 0. The molecule has 4 nitrogen and oxygen atoms in total. The van der Waals surface area contributed by atoms with Crippen LogP contribution in [-0.4, -0.2) is 15.9 Å². The van der Waals surface area contributed by atoms with Crippen molar-refractivity contribution < 1.29 is 9.18 Å². The van der Waals surface area contributed by atoms with Crippen molar-refractivity contribution in [1.29, 1.82) is 0 Å². The standard InChI is InChI=1S/C12H8Cl2FN3O/c1-6-5-8(13)17-11(14)10(6)18-12(19)7-3-2-4-9(15)16-7/h2-5H,1H3,(H,18,19). The molecule has 0 aliphatic rings. The smallest absolute Gasteiger partial charge is 0.274 e. The molecule has 0 unspecified atom stereocenters. The zero-order chi connectivity index (χ0) is 14.0. The maximum Gasteiger partial charge on any atom is 0.274 e. The maximum atomic E-state index is 12.9. The molecule has 0 saturated carbocycles. The van der Waals surface area contributed by atoms with Crippen molar-refractivity contribution in [2.24, 2.45) is 0 Å². The molecule has 7 heteroatoms. The molecule has 2 aromatic rings. The molecule has 0 aliphatic carbocycles. The van der Waals surface area contributed by atoms with E-state index in [0.29, 0.717) is 11.3 Å². The van der Waals surface area contributed by atoms with Gasteiger partial charge in [-0.15, -0.1) is 0 Å². The second-order valence-corrected chi connectivity index (χ2v) is 4.47. The fraction of sp³-hybridized carbons (Fsp3) is 0.0833. The molecule has 19 heavy (non-hydrogen) atoms. The van der Waals surface area contributed by atoms with E-state index >= 15 is 0 Å². The molecule has 0 aromatic carbocycles. The van der Waals surface area contributed by atoms with Gasteiger partial charge >= 0.3 is 0 Å². The Labute approximate surface area is 118 Å². The van der Waals surface area contributed by atoms with Crippen LogP contribution in [0.15, 0.2) is 24.3 Å². The summed E-state index contributed by atoms with van der Waals surface area (Å²) in [7, 11) is 0. The highest BCUT2D eigenvalue weighted by molar-refractivity contribution is 6.35. The molecule has 1 N–H and O–H groups in total. The number of hydrogen-bond donors (Lipinski definition) is 1. The molecule has 98 valence electrons. The van der Waals surface area contributed by atoms with E-state index in [1.807, 2.05) is 0 Å². The Kier molecular flexibility index (Phi) is 3.97. The summed E-state index contributed by atoms with van der Waals surface area (Å²) in [6, 6.07) is 5.50. The number of pyridine rings is 2. The van der Waals surface area contributed by atoms with Gasteiger partial charge in [0.2, 0.25) is 5.95 Å². The molecule has 0 aliphatic heterocycles. The summed E-state index contributed by atoms with van der Waals surface area (Å²) >= 11 is 11.6. The molecule has 0 radical (unpaired) electrons. The van der Waals surface area contributed by atoms with Crippen LogP contribution in [0.2, 0.25) is 10.3 Å². The lowest BCUT2D eigenvalue weighted by molar-refractivity contribution is 0.102. The van der Waals surface area contributed by atoms with Crippen LogP contribution in [-0.2, 0) is 0 Å². The van der Waals surface area contributed by atoms with Crippen LogP contribution in [0.5, 0.6) is 0 Å². The van der Waals surface area contributed by atoms with Crippen molar-refractivity contribution in [2.75, 3.05) is 5.32 Å². The number of anilines is 1. The van der Waals surface area contributed by atoms with Gasteiger partial charge in [-0.2, -0.15) is 4.39 Å². The van der Waals surface area contributed by atoms with Crippen molar-refractivity contribution in [3.8, 4) is 0 Å². The average molecular weight is 300 g/mol. The summed E-state index contributed by atoms with van der Waals surface area (Å²) in [6.45, 7) is 1.72. The predicted molar refractivity (Wildman–Crippen MR) is 71.1 cm³/mol. The highest BCUT2D eigenvalue weighted by Crippen LogP contribution is 2.26. The van der Waals surface area contributed by atoms with E-state index in [2.05, 4.69) is 15.3 Å². The van der Waals surface area contributed by atoms with Crippen molar-refractivity contribution in [1.82, 2.24) is 9.97 Å². The lowest BCUT2D eigenvalue weighted by atomic mass is 10.2. The van der Waals surface area contributed by atoms with Gasteiger partial charge in [-0.25, -0.2) is 9.97 Å². The van der Waals surface area contributed by atoms with Crippen LogP contribution in [0, 0.1) is 12.9 Å². The van der Waals surface area contributed by atoms with Crippen LogP contribution < -0.4 is 5.32 Å². The third-order valence-corrected chi connectivity index (χ3v) is 2.79. The Balaban J connectivity index is 2.29. The van der Waals surface area contributed by atoms with Crippen LogP contribution in [0.1, 0.15) is 16.1 Å². The van der Waals surface area contributed by atoms with Gasteiger partial charge in [0.05, 0.1) is 5.69 Å². The normalized spacial score (nSPS) is 10.3. The van der Waals surface area contributed by atoms with Crippen molar-refractivity contribution in [3.05, 3.63) is 51.8 Å². The number of aromatic nitrogens is 2. The largest absolute Gasteiger partial charge is 0.318 e. The molecule has 0 saturated heterocycles. The average Bonchev–Trinajstić information content (AvgIpc) is 2.33. The molecule has 0 atom stereocenters. The van der Waals surface area contributed by atoms with Crippen molar-refractivity contribution in [2.45, 2.75) is 6.92 Å². The van der Waals surface area contributed by atoms with Gasteiger partial charge in [-0.1, -0.05) is 29.3 Å². The number of carbonyl (C=O) groups excluding carboxylic acids is 1. The summed E-state index contributed by atoms with van der Waals surface area (Å²) < 4.78 is 12.9. The van der Waals surface area contributed by atoms with Crippen molar-refractivity contribution >= 4 is 34.8 Å². The van der Waals surface area contributed by atoms with E-state index in [-0.39, 0.29) is 16.0 Å². The minimum Gasteiger partial charge on any atom is -0.318 e. The first-order valence-electron chi connectivity index (χ1n) is 5.24. The van der Waals surface area contributed by atoms with Gasteiger partial charge < -0.3 is 5.32 Å². The zero-order valence-corrected chi connectivity index (χ0v) is 11.3. The summed E-state index contributed by atoms with van der Waals surface area (Å²) in [5.74, 6) is -1.31. The minimum atomic E-state index is -0.732. The SMILES string of the molecule is Cc1cc(Cl)nc(Cl)c1NC(=O)c1cccc(F)n1. The topological polar surface area (TPSA) is 54.9 Å². The first-order chi connectivity index (χ1) is 8.97. The van der Waals surface area contributed by atoms with E-state index < -0.39 is 11.9 Å². The molecular formula is C12H8Cl2FN3O. The lowest BCUT2D eigenvalue weighted by Gasteiger charge is -2.09. The first kappa shape index (κ1) is 13.7. The van der Waals surface area contributed by atoms with E-state index in [4.69, 9.17) is 23.2 Å². The Morgan fingerprint density at radius 1 is 1.32 bits per heavy atom. The van der Waals surface area contributed by atoms with Gasteiger partial charge in [0.15, 0.2) is 5.15 Å². The van der Waals surface area contributed by atoms with Gasteiger partial charge in [-0.3, -0.25) is 4.79 Å². The van der Waals surface area contributed by atoms with Crippen LogP contribution >= 0.6 is 23.2 Å². The quantitative estimate of drug-likeness (QED) is 0.864. The number of halogens is 3. The highest BCUT2D eigenvalue weighted by Gasteiger charge is 2.14. The number of amides is 1. The Morgan fingerprint density at radius 2 is 2.05 bits per heavy atom. The third-order valence-electron chi connectivity index (χ3n) is 2.33. The second kappa shape index (κ2) is 5.50. The molecule has 0 spiro atoms. The number of nitrogens with zero attached hydrogens (tertiary/aromatic N) is 2. The molecule has 0 bridgehead atoms. The molecule has 2 heterocycles. The zero-order valence-electron chi connectivity index (χ0n) is 9.75. The Morgan fingerprint density at radius 3 is 2.68 bits per heavy atom. The first-order valence-corrected chi connectivity index (χ1v) is 5.99. The predicted octanol–water partition coefficient (Wildman–Crippen LogP) is 3.48. The highest BCUT2D eigenvalue weighted by atomic mass is 35.5. The second-order valence-electron chi connectivity index (χ2n) is 3.73. The summed E-state index contributed by atoms with van der Waals surface area (Å²) in [5.41, 5.74) is 0.919. The van der Waals surface area contributed by atoms with E-state index in [1.54, 1.807) is 13.0 Å². The van der Waals surface area contributed by atoms with E-state index in [1.165, 1.54) is 12.1 Å². The minimum absolute atomic E-state index is 0.0505. The number of rotatable bonds is 2. The van der Waals surface area contributed by atoms with E-state index in [9.17, 15) is 9.18 Å². The fourth-order valence-electron chi connectivity index (χ4n) is 1.46. The number of carbonyl (C=O) groups is 1. The molecular weight excluding hydrogens is 292 g/mol. The molecule has 1 amide bonds.